The summed E-state index contributed by atoms with van der Waals surface area (Å²) in [6.07, 6.45) is 0.125. The van der Waals surface area contributed by atoms with Crippen LogP contribution < -0.4 is 10.9 Å². The van der Waals surface area contributed by atoms with Crippen LogP contribution in [-0.4, -0.2) is 31.1 Å². The summed E-state index contributed by atoms with van der Waals surface area (Å²) in [6.45, 7) is 7.58. The van der Waals surface area contributed by atoms with E-state index in [0.717, 1.165) is 11.4 Å². The monoisotopic (exact) mass is 421 g/mol. The van der Waals surface area contributed by atoms with Crippen molar-refractivity contribution in [2.24, 2.45) is 0 Å². The number of para-hydroxylation sites is 1. The molecule has 0 aliphatic carbocycles. The number of carbonyl (C=O) groups is 1. The van der Waals surface area contributed by atoms with Crippen LogP contribution in [0.15, 0.2) is 46.6 Å². The molecule has 30 heavy (non-hydrogen) atoms. The van der Waals surface area contributed by atoms with Crippen molar-refractivity contribution in [2.75, 3.05) is 0 Å². The number of aromatic nitrogens is 4. The van der Waals surface area contributed by atoms with Crippen LogP contribution in [0, 0.1) is 13.8 Å². The molecule has 7 nitrogen and oxygen atoms in total. The second-order valence-electron chi connectivity index (χ2n) is 7.54. The van der Waals surface area contributed by atoms with E-state index in [0.29, 0.717) is 27.6 Å². The molecule has 0 radical (unpaired) electrons. The molecule has 0 fully saturated rings. The summed E-state index contributed by atoms with van der Waals surface area (Å²) in [6, 6.07) is 11.7. The quantitative estimate of drug-likeness (QED) is 0.536. The molecule has 0 unspecified atom stereocenters. The van der Waals surface area contributed by atoms with E-state index in [2.05, 4.69) is 15.4 Å². The normalized spacial score (nSPS) is 11.4. The Kier molecular flexibility index (Phi) is 5.26. The zero-order chi connectivity index (χ0) is 21.4. The Morgan fingerprint density at radius 1 is 1.20 bits per heavy atom. The first kappa shape index (κ1) is 20.0. The van der Waals surface area contributed by atoms with Crippen LogP contribution in [0.1, 0.15) is 30.9 Å². The van der Waals surface area contributed by atoms with Gasteiger partial charge in [0.1, 0.15) is 5.69 Å². The van der Waals surface area contributed by atoms with Crippen molar-refractivity contribution in [3.63, 3.8) is 0 Å². The maximum atomic E-state index is 13.4. The summed E-state index contributed by atoms with van der Waals surface area (Å²) < 4.78 is 3.34. The molecule has 1 aromatic carbocycles. The molecule has 0 aliphatic rings. The molecule has 4 rings (SSSR count). The molecule has 1 N–H and O–H groups in total. The third-order valence-corrected chi connectivity index (χ3v) is 5.63. The van der Waals surface area contributed by atoms with Gasteiger partial charge in [-0.05, 0) is 45.9 Å². The van der Waals surface area contributed by atoms with Crippen molar-refractivity contribution in [1.82, 2.24) is 24.5 Å². The number of nitrogens with zero attached hydrogens (tertiary/aromatic N) is 4. The van der Waals surface area contributed by atoms with Crippen LogP contribution in [0.2, 0.25) is 0 Å². The molecule has 4 aromatic rings. The van der Waals surface area contributed by atoms with E-state index < -0.39 is 0 Å². The second-order valence-corrected chi connectivity index (χ2v) is 8.38. The molecule has 0 atom stereocenters. The number of nitrogens with one attached hydrogen (secondary N) is 1. The number of aryl methyl sites for hydroxylation is 2. The van der Waals surface area contributed by atoms with Crippen LogP contribution in [0.4, 0.5) is 0 Å². The lowest BCUT2D eigenvalue weighted by atomic mass is 10.1. The topological polar surface area (TPSA) is 81.3 Å². The number of thiazole rings is 1. The summed E-state index contributed by atoms with van der Waals surface area (Å²) in [5.74, 6) is -0.122. The Labute approximate surface area is 178 Å². The maximum absolute atomic E-state index is 13.4. The van der Waals surface area contributed by atoms with Gasteiger partial charge >= 0.3 is 0 Å². The van der Waals surface area contributed by atoms with Gasteiger partial charge in [-0.1, -0.05) is 18.2 Å². The number of fused-ring (bicyclic) bond motifs is 1. The van der Waals surface area contributed by atoms with Crippen LogP contribution in [0.25, 0.3) is 21.9 Å². The van der Waals surface area contributed by atoms with Crippen LogP contribution in [-0.2, 0) is 11.2 Å². The molecule has 0 saturated carbocycles. The highest BCUT2D eigenvalue weighted by atomic mass is 32.1. The number of hydrogen-bond donors (Lipinski definition) is 1. The highest BCUT2D eigenvalue weighted by Crippen LogP contribution is 2.23. The Balaban J connectivity index is 1.82. The average molecular weight is 422 g/mol. The van der Waals surface area contributed by atoms with Gasteiger partial charge in [0.2, 0.25) is 5.91 Å². The van der Waals surface area contributed by atoms with Gasteiger partial charge in [0.25, 0.3) is 5.56 Å². The van der Waals surface area contributed by atoms with E-state index in [4.69, 9.17) is 0 Å². The predicted octanol–water partition coefficient (Wildman–Crippen LogP) is 3.29. The third-order valence-electron chi connectivity index (χ3n) is 4.76. The fourth-order valence-electron chi connectivity index (χ4n) is 3.49. The number of rotatable bonds is 5. The van der Waals surface area contributed by atoms with Gasteiger partial charge in [0.05, 0.1) is 23.4 Å². The first-order chi connectivity index (χ1) is 14.3. The van der Waals surface area contributed by atoms with Gasteiger partial charge < -0.3 is 5.32 Å². The Morgan fingerprint density at radius 2 is 1.93 bits per heavy atom. The van der Waals surface area contributed by atoms with E-state index in [9.17, 15) is 9.59 Å². The van der Waals surface area contributed by atoms with Gasteiger partial charge in [-0.15, -0.1) is 11.3 Å². The molecule has 3 heterocycles. The van der Waals surface area contributed by atoms with Gasteiger partial charge in [0, 0.05) is 22.8 Å². The second kappa shape index (κ2) is 7.87. The van der Waals surface area contributed by atoms with E-state index >= 15 is 0 Å². The molecule has 3 aromatic heterocycles. The molecular formula is C22H23N5O2S. The molecule has 0 saturated heterocycles. The fraction of sp³-hybridized carbons (Fsp3) is 0.273. The maximum Gasteiger partial charge on any atom is 0.268 e. The highest BCUT2D eigenvalue weighted by Gasteiger charge is 2.20. The Hall–Kier alpha value is -3.26. The molecule has 0 aliphatic heterocycles. The van der Waals surface area contributed by atoms with Crippen molar-refractivity contribution in [3.05, 3.63) is 69.2 Å². The standard InChI is InChI=1S/C22H23N5O2S/c1-13(2)23-19(28)11-17-12-30-22-24-15(4)20(21(29)26(17)22)18-10-14(3)27(25-18)16-8-6-5-7-9-16/h5-10,12-13H,11H2,1-4H3,(H,23,28). The smallest absolute Gasteiger partial charge is 0.268 e. The zero-order valence-corrected chi connectivity index (χ0v) is 18.2. The lowest BCUT2D eigenvalue weighted by molar-refractivity contribution is -0.120. The van der Waals surface area contributed by atoms with Gasteiger partial charge in [0.15, 0.2) is 4.96 Å². The Bertz CT molecular complexity index is 1280. The van der Waals surface area contributed by atoms with Crippen molar-refractivity contribution < 1.29 is 4.79 Å². The predicted molar refractivity (Wildman–Crippen MR) is 118 cm³/mol. The van der Waals surface area contributed by atoms with E-state index in [-0.39, 0.29) is 23.9 Å². The molecular weight excluding hydrogens is 398 g/mol. The lowest BCUT2D eigenvalue weighted by Crippen LogP contribution is -2.32. The van der Waals surface area contributed by atoms with E-state index in [1.807, 2.05) is 74.2 Å². The number of hydrogen-bond acceptors (Lipinski definition) is 5. The number of benzene rings is 1. The average Bonchev–Trinajstić information content (AvgIpc) is 3.25. The molecule has 154 valence electrons. The first-order valence-electron chi connectivity index (χ1n) is 9.76. The molecule has 1 amide bonds. The Morgan fingerprint density at radius 3 is 2.63 bits per heavy atom. The minimum absolute atomic E-state index is 0.0416. The largest absolute Gasteiger partial charge is 0.354 e. The summed E-state index contributed by atoms with van der Waals surface area (Å²) in [7, 11) is 0. The van der Waals surface area contributed by atoms with E-state index in [1.54, 1.807) is 0 Å². The zero-order valence-electron chi connectivity index (χ0n) is 17.3. The van der Waals surface area contributed by atoms with Crippen molar-refractivity contribution in [1.29, 1.82) is 0 Å². The number of amides is 1. The van der Waals surface area contributed by atoms with E-state index in [1.165, 1.54) is 15.7 Å². The molecule has 0 bridgehead atoms. The van der Waals surface area contributed by atoms with Crippen LogP contribution >= 0.6 is 11.3 Å². The van der Waals surface area contributed by atoms with Crippen molar-refractivity contribution >= 4 is 22.2 Å². The van der Waals surface area contributed by atoms with Crippen LogP contribution in [0.3, 0.4) is 0 Å². The highest BCUT2D eigenvalue weighted by molar-refractivity contribution is 7.15. The van der Waals surface area contributed by atoms with Gasteiger partial charge in [-0.2, -0.15) is 5.10 Å². The lowest BCUT2D eigenvalue weighted by Gasteiger charge is -2.09. The van der Waals surface area contributed by atoms with Gasteiger partial charge in [-0.25, -0.2) is 9.67 Å². The first-order valence-corrected chi connectivity index (χ1v) is 10.6. The summed E-state index contributed by atoms with van der Waals surface area (Å²) >= 11 is 1.36. The third kappa shape index (κ3) is 3.66. The van der Waals surface area contributed by atoms with Crippen molar-refractivity contribution in [3.8, 4) is 16.9 Å². The fourth-order valence-corrected chi connectivity index (χ4v) is 4.41. The van der Waals surface area contributed by atoms with Crippen molar-refractivity contribution in [2.45, 2.75) is 40.2 Å². The summed E-state index contributed by atoms with van der Waals surface area (Å²) in [5, 5.41) is 9.37. The number of carbonyl (C=O) groups excluding carboxylic acids is 1. The minimum Gasteiger partial charge on any atom is -0.354 e. The van der Waals surface area contributed by atoms with Gasteiger partial charge in [-0.3, -0.25) is 14.0 Å². The molecule has 8 heteroatoms. The summed E-state index contributed by atoms with van der Waals surface area (Å²) in [4.78, 5) is 30.9. The minimum atomic E-state index is -0.205. The molecule has 0 spiro atoms. The van der Waals surface area contributed by atoms with Crippen LogP contribution in [0.5, 0.6) is 0 Å². The summed E-state index contributed by atoms with van der Waals surface area (Å²) in [5.41, 5.74) is 3.92. The SMILES string of the molecule is Cc1nc2scc(CC(=O)NC(C)C)n2c(=O)c1-c1cc(C)n(-c2ccccc2)n1.